The van der Waals surface area contributed by atoms with Crippen LogP contribution in [0.1, 0.15) is 24.5 Å². The molecule has 1 aromatic rings. The van der Waals surface area contributed by atoms with Gasteiger partial charge in [0, 0.05) is 18.0 Å². The van der Waals surface area contributed by atoms with Crippen molar-refractivity contribution in [3.63, 3.8) is 0 Å². The average Bonchev–Trinajstić information content (AvgIpc) is 2.39. The molecule has 0 aliphatic carbocycles. The van der Waals surface area contributed by atoms with Crippen LogP contribution >= 0.6 is 24.2 Å². The molecule has 0 aromatic heterocycles. The third-order valence-electron chi connectivity index (χ3n) is 2.75. The van der Waals surface area contributed by atoms with Gasteiger partial charge in [0.1, 0.15) is 0 Å². The SMILES string of the molecule is CCCNCCNC(=O)CSc1cc(C)ccc1C.Cl. The molecule has 3 nitrogen and oxygen atoms in total. The van der Waals surface area contributed by atoms with E-state index in [-0.39, 0.29) is 18.3 Å². The Bertz CT molecular complexity index is 413. The van der Waals surface area contributed by atoms with Crippen LogP contribution in [0.3, 0.4) is 0 Å². The summed E-state index contributed by atoms with van der Waals surface area (Å²) >= 11 is 1.61. The molecule has 0 saturated carbocycles. The van der Waals surface area contributed by atoms with Crippen LogP contribution in [-0.4, -0.2) is 31.3 Å². The zero-order valence-corrected chi connectivity index (χ0v) is 14.1. The first-order chi connectivity index (χ1) is 9.13. The Balaban J connectivity index is 0.00000361. The second-order valence-electron chi connectivity index (χ2n) is 4.66. The second-order valence-corrected chi connectivity index (χ2v) is 5.67. The van der Waals surface area contributed by atoms with Crippen LogP contribution in [-0.2, 0) is 4.79 Å². The van der Waals surface area contributed by atoms with Crippen molar-refractivity contribution in [3.8, 4) is 0 Å². The van der Waals surface area contributed by atoms with Gasteiger partial charge in [-0.15, -0.1) is 24.2 Å². The first-order valence-electron chi connectivity index (χ1n) is 6.81. The molecular weight excluding hydrogens is 292 g/mol. The van der Waals surface area contributed by atoms with Crippen molar-refractivity contribution >= 4 is 30.1 Å². The van der Waals surface area contributed by atoms with Crippen molar-refractivity contribution in [2.75, 3.05) is 25.4 Å². The lowest BCUT2D eigenvalue weighted by molar-refractivity contribution is -0.118. The number of carbonyl (C=O) groups is 1. The normalized spacial score (nSPS) is 9.95. The molecule has 0 radical (unpaired) electrons. The van der Waals surface area contributed by atoms with Crippen molar-refractivity contribution in [2.24, 2.45) is 0 Å². The Labute approximate surface area is 132 Å². The van der Waals surface area contributed by atoms with Gasteiger partial charge in [-0.3, -0.25) is 4.79 Å². The van der Waals surface area contributed by atoms with Crippen LogP contribution in [0, 0.1) is 13.8 Å². The average molecular weight is 317 g/mol. The number of benzene rings is 1. The minimum absolute atomic E-state index is 0. The van der Waals surface area contributed by atoms with Gasteiger partial charge in [0.15, 0.2) is 0 Å². The van der Waals surface area contributed by atoms with E-state index in [1.165, 1.54) is 16.0 Å². The maximum absolute atomic E-state index is 11.7. The predicted molar refractivity (Wildman–Crippen MR) is 90.1 cm³/mol. The summed E-state index contributed by atoms with van der Waals surface area (Å²) < 4.78 is 0. The lowest BCUT2D eigenvalue weighted by Crippen LogP contribution is -2.33. The molecule has 114 valence electrons. The van der Waals surface area contributed by atoms with Gasteiger partial charge in [0.05, 0.1) is 5.75 Å². The van der Waals surface area contributed by atoms with E-state index in [0.717, 1.165) is 19.5 Å². The number of hydrogen-bond acceptors (Lipinski definition) is 3. The molecule has 0 atom stereocenters. The van der Waals surface area contributed by atoms with Crippen LogP contribution in [0.4, 0.5) is 0 Å². The Kier molecular flexibility index (Phi) is 10.6. The molecule has 0 bridgehead atoms. The fourth-order valence-electron chi connectivity index (χ4n) is 1.65. The quantitative estimate of drug-likeness (QED) is 0.572. The van der Waals surface area contributed by atoms with Gasteiger partial charge >= 0.3 is 0 Å². The van der Waals surface area contributed by atoms with Crippen molar-refractivity contribution in [1.29, 1.82) is 0 Å². The highest BCUT2D eigenvalue weighted by Crippen LogP contribution is 2.23. The maximum Gasteiger partial charge on any atom is 0.230 e. The fourth-order valence-corrected chi connectivity index (χ4v) is 2.60. The van der Waals surface area contributed by atoms with Crippen molar-refractivity contribution in [3.05, 3.63) is 29.3 Å². The molecule has 0 saturated heterocycles. The number of rotatable bonds is 8. The summed E-state index contributed by atoms with van der Waals surface area (Å²) in [5.74, 6) is 0.585. The largest absolute Gasteiger partial charge is 0.354 e. The third kappa shape index (κ3) is 7.78. The molecule has 0 unspecified atom stereocenters. The van der Waals surface area contributed by atoms with Gasteiger partial charge < -0.3 is 10.6 Å². The van der Waals surface area contributed by atoms with Crippen LogP contribution in [0.25, 0.3) is 0 Å². The zero-order chi connectivity index (χ0) is 14.1. The first-order valence-corrected chi connectivity index (χ1v) is 7.79. The number of amides is 1. The number of thioether (sulfide) groups is 1. The van der Waals surface area contributed by atoms with E-state index in [9.17, 15) is 4.79 Å². The van der Waals surface area contributed by atoms with Crippen LogP contribution in [0.2, 0.25) is 0 Å². The summed E-state index contributed by atoms with van der Waals surface area (Å²) in [7, 11) is 0. The molecule has 5 heteroatoms. The molecule has 1 aromatic carbocycles. The molecule has 0 aliphatic rings. The summed E-state index contributed by atoms with van der Waals surface area (Å²) in [6, 6.07) is 6.33. The van der Waals surface area contributed by atoms with Crippen LogP contribution < -0.4 is 10.6 Å². The van der Waals surface area contributed by atoms with Gasteiger partial charge in [0.25, 0.3) is 0 Å². The number of aryl methyl sites for hydroxylation is 2. The molecule has 0 fully saturated rings. The van der Waals surface area contributed by atoms with E-state index in [4.69, 9.17) is 0 Å². The van der Waals surface area contributed by atoms with E-state index in [1.807, 2.05) is 0 Å². The van der Waals surface area contributed by atoms with Gasteiger partial charge in [-0.05, 0) is 38.4 Å². The van der Waals surface area contributed by atoms with Gasteiger partial charge in [-0.1, -0.05) is 24.6 Å². The highest BCUT2D eigenvalue weighted by Gasteiger charge is 2.04. The lowest BCUT2D eigenvalue weighted by Gasteiger charge is -2.08. The van der Waals surface area contributed by atoms with E-state index < -0.39 is 0 Å². The summed E-state index contributed by atoms with van der Waals surface area (Å²) in [5, 5.41) is 6.18. The zero-order valence-electron chi connectivity index (χ0n) is 12.5. The minimum atomic E-state index is 0. The van der Waals surface area contributed by atoms with E-state index >= 15 is 0 Å². The van der Waals surface area contributed by atoms with Crippen molar-refractivity contribution in [2.45, 2.75) is 32.1 Å². The van der Waals surface area contributed by atoms with Crippen molar-refractivity contribution in [1.82, 2.24) is 10.6 Å². The Morgan fingerprint density at radius 3 is 2.65 bits per heavy atom. The Morgan fingerprint density at radius 1 is 1.20 bits per heavy atom. The van der Waals surface area contributed by atoms with Crippen LogP contribution in [0.15, 0.2) is 23.1 Å². The number of nitrogens with one attached hydrogen (secondary N) is 2. The smallest absolute Gasteiger partial charge is 0.230 e. The highest BCUT2D eigenvalue weighted by molar-refractivity contribution is 8.00. The molecule has 20 heavy (non-hydrogen) atoms. The molecule has 1 rings (SSSR count). The topological polar surface area (TPSA) is 41.1 Å². The van der Waals surface area contributed by atoms with E-state index in [0.29, 0.717) is 12.3 Å². The molecule has 1 amide bonds. The van der Waals surface area contributed by atoms with Gasteiger partial charge in [0.2, 0.25) is 5.91 Å². The summed E-state index contributed by atoms with van der Waals surface area (Å²) in [5.41, 5.74) is 2.46. The molecule has 0 aliphatic heterocycles. The Morgan fingerprint density at radius 2 is 1.95 bits per heavy atom. The first kappa shape index (κ1) is 19.3. The molecule has 0 spiro atoms. The number of carbonyl (C=O) groups excluding carboxylic acids is 1. The van der Waals surface area contributed by atoms with Gasteiger partial charge in [-0.25, -0.2) is 0 Å². The van der Waals surface area contributed by atoms with E-state index in [2.05, 4.69) is 49.6 Å². The van der Waals surface area contributed by atoms with Crippen molar-refractivity contribution < 1.29 is 4.79 Å². The number of halogens is 1. The van der Waals surface area contributed by atoms with Crippen LogP contribution in [0.5, 0.6) is 0 Å². The van der Waals surface area contributed by atoms with Gasteiger partial charge in [-0.2, -0.15) is 0 Å². The summed E-state index contributed by atoms with van der Waals surface area (Å²) in [6.07, 6.45) is 1.12. The summed E-state index contributed by atoms with van der Waals surface area (Å²) in [4.78, 5) is 12.9. The second kappa shape index (κ2) is 11.0. The maximum atomic E-state index is 11.7. The Hall–Kier alpha value is -0.710. The predicted octanol–water partition coefficient (Wildman–Crippen LogP) is 2.93. The lowest BCUT2D eigenvalue weighted by atomic mass is 10.2. The monoisotopic (exact) mass is 316 g/mol. The minimum Gasteiger partial charge on any atom is -0.354 e. The molecule has 2 N–H and O–H groups in total. The fraction of sp³-hybridized carbons (Fsp3) is 0.533. The standard InChI is InChI=1S/C15H24N2OS.ClH/c1-4-7-16-8-9-17-15(18)11-19-14-10-12(2)5-6-13(14)3;/h5-6,10,16H,4,7-9,11H2,1-3H3,(H,17,18);1H. The number of hydrogen-bond donors (Lipinski definition) is 2. The highest BCUT2D eigenvalue weighted by atomic mass is 35.5. The molecule has 0 heterocycles. The summed E-state index contributed by atoms with van der Waals surface area (Å²) in [6.45, 7) is 8.83. The van der Waals surface area contributed by atoms with E-state index in [1.54, 1.807) is 11.8 Å². The third-order valence-corrected chi connectivity index (χ3v) is 3.91. The molecular formula is C15H25ClN2OS.